The summed E-state index contributed by atoms with van der Waals surface area (Å²) in [6.07, 6.45) is 0. The largest absolute Gasteiger partial charge is 0.381 e. The van der Waals surface area contributed by atoms with Crippen LogP contribution in [-0.2, 0) is 4.74 Å². The zero-order valence-electron chi connectivity index (χ0n) is 12.0. The Bertz CT molecular complexity index is 557. The summed E-state index contributed by atoms with van der Waals surface area (Å²) in [6.45, 7) is 7.73. The molecule has 1 heterocycles. The molecule has 1 aromatic heterocycles. The monoisotopic (exact) mass is 309 g/mol. The molecule has 0 aliphatic rings. The second-order valence-electron chi connectivity index (χ2n) is 4.29. The van der Waals surface area contributed by atoms with E-state index in [9.17, 15) is 0 Å². The van der Waals surface area contributed by atoms with Crippen molar-refractivity contribution in [1.29, 1.82) is 0 Å². The Morgan fingerprint density at radius 1 is 1.30 bits per heavy atom. The van der Waals surface area contributed by atoms with Gasteiger partial charge in [0.2, 0.25) is 5.13 Å². The lowest BCUT2D eigenvalue weighted by atomic mass is 10.1. The van der Waals surface area contributed by atoms with Crippen LogP contribution in [0.25, 0.3) is 0 Å². The third-order valence-electron chi connectivity index (χ3n) is 2.91. The van der Waals surface area contributed by atoms with Crippen molar-refractivity contribution in [3.05, 3.63) is 29.3 Å². The van der Waals surface area contributed by atoms with Crippen molar-refractivity contribution >= 4 is 33.9 Å². The molecule has 0 bridgehead atoms. The van der Waals surface area contributed by atoms with Crippen LogP contribution < -0.4 is 5.32 Å². The lowest BCUT2D eigenvalue weighted by Gasteiger charge is -2.08. The first-order valence-electron chi connectivity index (χ1n) is 6.58. The Hall–Kier alpha value is -1.11. The van der Waals surface area contributed by atoms with Gasteiger partial charge >= 0.3 is 0 Å². The molecule has 0 aliphatic carbocycles. The molecule has 0 amide bonds. The first kappa shape index (κ1) is 15.3. The number of hydrogen-bond donors (Lipinski definition) is 1. The van der Waals surface area contributed by atoms with Gasteiger partial charge in [-0.15, -0.1) is 10.2 Å². The molecule has 2 aromatic rings. The van der Waals surface area contributed by atoms with E-state index >= 15 is 0 Å². The van der Waals surface area contributed by atoms with Gasteiger partial charge in [-0.2, -0.15) is 0 Å². The Morgan fingerprint density at radius 2 is 2.15 bits per heavy atom. The van der Waals surface area contributed by atoms with Crippen molar-refractivity contribution in [2.24, 2.45) is 0 Å². The summed E-state index contributed by atoms with van der Waals surface area (Å²) < 4.78 is 6.28. The molecule has 20 heavy (non-hydrogen) atoms. The maximum atomic E-state index is 5.31. The molecule has 1 aromatic carbocycles. The van der Waals surface area contributed by atoms with Gasteiger partial charge in [0.15, 0.2) is 4.34 Å². The number of ether oxygens (including phenoxy) is 1. The van der Waals surface area contributed by atoms with Crippen molar-refractivity contribution in [1.82, 2.24) is 10.2 Å². The summed E-state index contributed by atoms with van der Waals surface area (Å²) in [7, 11) is 0. The molecule has 6 heteroatoms. The molecule has 0 atom stereocenters. The second kappa shape index (κ2) is 7.61. The zero-order chi connectivity index (χ0) is 14.4. The van der Waals surface area contributed by atoms with Crippen molar-refractivity contribution in [2.45, 2.75) is 25.1 Å². The third-order valence-corrected chi connectivity index (χ3v) is 4.85. The summed E-state index contributed by atoms with van der Waals surface area (Å²) in [6, 6.07) is 6.21. The number of nitrogens with one attached hydrogen (secondary N) is 1. The van der Waals surface area contributed by atoms with E-state index in [4.69, 9.17) is 4.74 Å². The molecular weight excluding hydrogens is 290 g/mol. The van der Waals surface area contributed by atoms with Crippen LogP contribution in [0.4, 0.5) is 10.8 Å². The highest BCUT2D eigenvalue weighted by molar-refractivity contribution is 8.01. The highest BCUT2D eigenvalue weighted by Gasteiger charge is 2.07. The number of rotatable bonds is 7. The van der Waals surface area contributed by atoms with Gasteiger partial charge < -0.3 is 10.1 Å². The van der Waals surface area contributed by atoms with Crippen LogP contribution in [0.15, 0.2) is 22.5 Å². The highest BCUT2D eigenvalue weighted by Crippen LogP contribution is 2.29. The maximum Gasteiger partial charge on any atom is 0.210 e. The predicted molar refractivity (Wildman–Crippen MR) is 86.3 cm³/mol. The second-order valence-corrected chi connectivity index (χ2v) is 6.61. The van der Waals surface area contributed by atoms with E-state index in [1.54, 1.807) is 23.1 Å². The van der Waals surface area contributed by atoms with Gasteiger partial charge in [0, 0.05) is 18.0 Å². The Labute approximate surface area is 128 Å². The van der Waals surface area contributed by atoms with Crippen LogP contribution in [0.3, 0.4) is 0 Å². The molecule has 0 fully saturated rings. The standard InChI is InChI=1S/C14H19N3OS2/c1-4-18-8-9-19-14-17-16-13(20-14)15-12-7-5-6-10(2)11(12)3/h5-7H,4,8-9H2,1-3H3,(H,15,16). The quantitative estimate of drug-likeness (QED) is 0.618. The normalized spacial score (nSPS) is 10.8. The SMILES string of the molecule is CCOCCSc1nnc(Nc2cccc(C)c2C)s1. The first-order valence-corrected chi connectivity index (χ1v) is 8.38. The van der Waals surface area contributed by atoms with Crippen LogP contribution in [0.1, 0.15) is 18.1 Å². The molecule has 0 radical (unpaired) electrons. The van der Waals surface area contributed by atoms with Crippen molar-refractivity contribution < 1.29 is 4.74 Å². The predicted octanol–water partition coefficient (Wildman–Crippen LogP) is 4.03. The van der Waals surface area contributed by atoms with Gasteiger partial charge in [0.05, 0.1) is 6.61 Å². The summed E-state index contributed by atoms with van der Waals surface area (Å²) in [5.74, 6) is 0.909. The minimum Gasteiger partial charge on any atom is -0.381 e. The molecule has 4 nitrogen and oxygen atoms in total. The van der Waals surface area contributed by atoms with E-state index in [1.165, 1.54) is 11.1 Å². The van der Waals surface area contributed by atoms with E-state index in [1.807, 2.05) is 13.0 Å². The summed E-state index contributed by atoms with van der Waals surface area (Å²) in [5, 5.41) is 12.5. The van der Waals surface area contributed by atoms with Gasteiger partial charge in [-0.25, -0.2) is 0 Å². The number of nitrogens with zero attached hydrogens (tertiary/aromatic N) is 2. The van der Waals surface area contributed by atoms with E-state index in [0.717, 1.165) is 34.1 Å². The van der Waals surface area contributed by atoms with Gasteiger partial charge in [0.1, 0.15) is 0 Å². The molecule has 1 N–H and O–H groups in total. The topological polar surface area (TPSA) is 47.0 Å². The average molecular weight is 309 g/mol. The lowest BCUT2D eigenvalue weighted by molar-refractivity contribution is 0.164. The van der Waals surface area contributed by atoms with E-state index in [2.05, 4.69) is 41.5 Å². The van der Waals surface area contributed by atoms with E-state index < -0.39 is 0 Å². The lowest BCUT2D eigenvalue weighted by Crippen LogP contribution is -1.95. The number of anilines is 2. The van der Waals surface area contributed by atoms with Crippen molar-refractivity contribution in [3.8, 4) is 0 Å². The maximum absolute atomic E-state index is 5.31. The Morgan fingerprint density at radius 3 is 2.95 bits per heavy atom. The fourth-order valence-electron chi connectivity index (χ4n) is 1.65. The molecule has 0 unspecified atom stereocenters. The van der Waals surface area contributed by atoms with Crippen LogP contribution >= 0.6 is 23.1 Å². The van der Waals surface area contributed by atoms with Gasteiger partial charge in [0.25, 0.3) is 0 Å². The number of thioether (sulfide) groups is 1. The van der Waals surface area contributed by atoms with Crippen molar-refractivity contribution in [2.75, 3.05) is 24.3 Å². The highest BCUT2D eigenvalue weighted by atomic mass is 32.2. The number of aromatic nitrogens is 2. The summed E-state index contributed by atoms with van der Waals surface area (Å²) in [5.41, 5.74) is 3.60. The van der Waals surface area contributed by atoms with Gasteiger partial charge in [-0.1, -0.05) is 35.2 Å². The average Bonchev–Trinajstić information content (AvgIpc) is 2.88. The first-order chi connectivity index (χ1) is 9.70. The molecular formula is C14H19N3OS2. The number of aryl methyl sites for hydroxylation is 1. The minimum absolute atomic E-state index is 0.750. The fraction of sp³-hybridized carbons (Fsp3) is 0.429. The fourth-order valence-corrected chi connectivity index (χ4v) is 3.34. The van der Waals surface area contributed by atoms with E-state index in [0.29, 0.717) is 0 Å². The molecule has 0 saturated heterocycles. The van der Waals surface area contributed by atoms with Gasteiger partial charge in [-0.3, -0.25) is 0 Å². The Balaban J connectivity index is 1.94. The smallest absolute Gasteiger partial charge is 0.210 e. The summed E-state index contributed by atoms with van der Waals surface area (Å²) in [4.78, 5) is 0. The Kier molecular flexibility index (Phi) is 5.82. The molecule has 0 aliphatic heterocycles. The number of benzene rings is 1. The van der Waals surface area contributed by atoms with Crippen LogP contribution in [0, 0.1) is 13.8 Å². The molecule has 2 rings (SSSR count). The van der Waals surface area contributed by atoms with Gasteiger partial charge in [-0.05, 0) is 38.0 Å². The zero-order valence-corrected chi connectivity index (χ0v) is 13.6. The molecule has 108 valence electrons. The van der Waals surface area contributed by atoms with Crippen LogP contribution in [0.2, 0.25) is 0 Å². The minimum atomic E-state index is 0.750. The van der Waals surface area contributed by atoms with Crippen molar-refractivity contribution in [3.63, 3.8) is 0 Å². The molecule has 0 saturated carbocycles. The van der Waals surface area contributed by atoms with E-state index in [-0.39, 0.29) is 0 Å². The van der Waals surface area contributed by atoms with Crippen LogP contribution in [0.5, 0.6) is 0 Å². The summed E-state index contributed by atoms with van der Waals surface area (Å²) >= 11 is 3.25. The van der Waals surface area contributed by atoms with Crippen LogP contribution in [-0.4, -0.2) is 29.2 Å². The third kappa shape index (κ3) is 4.19. The molecule has 0 spiro atoms. The number of hydrogen-bond acceptors (Lipinski definition) is 6.